The number of carbonyl (C=O) groups excluding carboxylic acids is 3. The lowest BCUT2D eigenvalue weighted by atomic mass is 10.1. The standard InChI is InChI=1S/C21H23ClN2O4S/c1-14(2)11-23-21(27)15-7-3-5-9-17(15)24-19(25)12-28-20(26)13-29-18-10-6-4-8-16(18)22/h3-10,14H,11-13H2,1-2H3,(H,23,27)(H,24,25). The lowest BCUT2D eigenvalue weighted by Gasteiger charge is -2.12. The van der Waals surface area contributed by atoms with Crippen LogP contribution in [-0.2, 0) is 14.3 Å². The number of carbonyl (C=O) groups is 3. The summed E-state index contributed by atoms with van der Waals surface area (Å²) >= 11 is 7.27. The normalized spacial score (nSPS) is 10.5. The molecule has 0 aromatic heterocycles. The third-order valence-electron chi connectivity index (χ3n) is 3.66. The van der Waals surface area contributed by atoms with Gasteiger partial charge in [-0.05, 0) is 30.2 Å². The molecule has 0 saturated heterocycles. The van der Waals surface area contributed by atoms with E-state index in [9.17, 15) is 14.4 Å². The highest BCUT2D eigenvalue weighted by Gasteiger charge is 2.15. The van der Waals surface area contributed by atoms with Gasteiger partial charge in [-0.15, -0.1) is 11.8 Å². The van der Waals surface area contributed by atoms with E-state index in [1.54, 1.807) is 42.5 Å². The molecule has 29 heavy (non-hydrogen) atoms. The summed E-state index contributed by atoms with van der Waals surface area (Å²) in [4.78, 5) is 37.1. The number of nitrogens with one attached hydrogen (secondary N) is 2. The zero-order valence-electron chi connectivity index (χ0n) is 16.2. The second-order valence-electron chi connectivity index (χ2n) is 6.58. The van der Waals surface area contributed by atoms with Crippen LogP contribution in [0.15, 0.2) is 53.4 Å². The van der Waals surface area contributed by atoms with Crippen molar-refractivity contribution in [3.05, 3.63) is 59.1 Å². The lowest BCUT2D eigenvalue weighted by Crippen LogP contribution is -2.29. The molecule has 2 amide bonds. The molecule has 0 bridgehead atoms. The van der Waals surface area contributed by atoms with E-state index in [0.717, 1.165) is 4.90 Å². The fourth-order valence-electron chi connectivity index (χ4n) is 2.25. The maximum Gasteiger partial charge on any atom is 0.316 e. The first-order valence-corrected chi connectivity index (χ1v) is 10.4. The average Bonchev–Trinajstić information content (AvgIpc) is 2.70. The molecule has 8 heteroatoms. The summed E-state index contributed by atoms with van der Waals surface area (Å²) in [6.07, 6.45) is 0. The summed E-state index contributed by atoms with van der Waals surface area (Å²) in [5.41, 5.74) is 0.711. The van der Waals surface area contributed by atoms with Gasteiger partial charge in [0.1, 0.15) is 0 Å². The van der Waals surface area contributed by atoms with E-state index in [4.69, 9.17) is 16.3 Å². The maximum atomic E-state index is 12.3. The number of rotatable bonds is 9. The van der Waals surface area contributed by atoms with E-state index in [1.807, 2.05) is 19.9 Å². The maximum absolute atomic E-state index is 12.3. The fraction of sp³-hybridized carbons (Fsp3) is 0.286. The van der Waals surface area contributed by atoms with Gasteiger partial charge in [0.2, 0.25) is 0 Å². The van der Waals surface area contributed by atoms with Gasteiger partial charge in [0.05, 0.1) is 22.0 Å². The number of anilines is 1. The highest BCUT2D eigenvalue weighted by molar-refractivity contribution is 8.00. The van der Waals surface area contributed by atoms with Crippen LogP contribution in [-0.4, -0.2) is 36.7 Å². The quantitative estimate of drug-likeness (QED) is 0.460. The highest BCUT2D eigenvalue weighted by Crippen LogP contribution is 2.26. The van der Waals surface area contributed by atoms with Crippen LogP contribution in [0.5, 0.6) is 0 Å². The Morgan fingerprint density at radius 2 is 1.76 bits per heavy atom. The molecule has 0 aliphatic heterocycles. The predicted molar refractivity (Wildman–Crippen MR) is 115 cm³/mol. The van der Waals surface area contributed by atoms with Crippen LogP contribution in [0.1, 0.15) is 24.2 Å². The highest BCUT2D eigenvalue weighted by atomic mass is 35.5. The molecular weight excluding hydrogens is 412 g/mol. The first kappa shape index (κ1) is 22.8. The molecule has 0 atom stereocenters. The molecule has 0 aliphatic rings. The Kier molecular flexibility index (Phi) is 9.02. The molecule has 2 aromatic rings. The molecule has 0 unspecified atom stereocenters. The van der Waals surface area contributed by atoms with Gasteiger partial charge in [-0.25, -0.2) is 0 Å². The van der Waals surface area contributed by atoms with Gasteiger partial charge in [0.15, 0.2) is 6.61 Å². The number of hydrogen-bond acceptors (Lipinski definition) is 5. The third kappa shape index (κ3) is 7.79. The van der Waals surface area contributed by atoms with Crippen LogP contribution in [0.3, 0.4) is 0 Å². The van der Waals surface area contributed by atoms with E-state index in [-0.39, 0.29) is 11.7 Å². The van der Waals surface area contributed by atoms with Crippen LogP contribution in [0.2, 0.25) is 5.02 Å². The minimum Gasteiger partial charge on any atom is -0.455 e. The summed E-state index contributed by atoms with van der Waals surface area (Å²) in [5, 5.41) is 5.97. The molecule has 0 radical (unpaired) electrons. The molecule has 2 aromatic carbocycles. The largest absolute Gasteiger partial charge is 0.455 e. The molecule has 0 fully saturated rings. The van der Waals surface area contributed by atoms with Gasteiger partial charge in [0, 0.05) is 11.4 Å². The smallest absolute Gasteiger partial charge is 0.316 e. The van der Waals surface area contributed by atoms with E-state index in [1.165, 1.54) is 11.8 Å². The van der Waals surface area contributed by atoms with Gasteiger partial charge in [-0.3, -0.25) is 14.4 Å². The molecule has 0 spiro atoms. The summed E-state index contributed by atoms with van der Waals surface area (Å²) in [7, 11) is 0. The van der Waals surface area contributed by atoms with E-state index >= 15 is 0 Å². The SMILES string of the molecule is CC(C)CNC(=O)c1ccccc1NC(=O)COC(=O)CSc1ccccc1Cl. The van der Waals surface area contributed by atoms with Crippen LogP contribution >= 0.6 is 23.4 Å². The van der Waals surface area contributed by atoms with Crippen LogP contribution < -0.4 is 10.6 Å². The number of thioether (sulfide) groups is 1. The van der Waals surface area contributed by atoms with Crippen molar-refractivity contribution in [2.75, 3.05) is 24.2 Å². The predicted octanol–water partition coefficient (Wildman–Crippen LogP) is 4.00. The summed E-state index contributed by atoms with van der Waals surface area (Å²) in [5.74, 6) is -0.990. The minimum atomic E-state index is -0.534. The van der Waals surface area contributed by atoms with Gasteiger partial charge < -0.3 is 15.4 Å². The molecule has 0 aliphatic carbocycles. The average molecular weight is 435 g/mol. The Morgan fingerprint density at radius 3 is 2.48 bits per heavy atom. The zero-order chi connectivity index (χ0) is 21.2. The van der Waals surface area contributed by atoms with Crippen molar-refractivity contribution < 1.29 is 19.1 Å². The zero-order valence-corrected chi connectivity index (χ0v) is 17.8. The van der Waals surface area contributed by atoms with Crippen molar-refractivity contribution in [3.8, 4) is 0 Å². The number of hydrogen-bond donors (Lipinski definition) is 2. The van der Waals surface area contributed by atoms with Crippen LogP contribution in [0.25, 0.3) is 0 Å². The Morgan fingerprint density at radius 1 is 1.07 bits per heavy atom. The summed E-state index contributed by atoms with van der Waals surface area (Å²) in [6.45, 7) is 4.07. The molecule has 0 saturated carbocycles. The molecule has 2 N–H and O–H groups in total. The van der Waals surface area contributed by atoms with Crippen molar-refractivity contribution in [2.24, 2.45) is 5.92 Å². The van der Waals surface area contributed by atoms with Crippen molar-refractivity contribution in [2.45, 2.75) is 18.7 Å². The van der Waals surface area contributed by atoms with Crippen molar-refractivity contribution in [1.82, 2.24) is 5.32 Å². The molecule has 6 nitrogen and oxygen atoms in total. The molecule has 0 heterocycles. The first-order valence-electron chi connectivity index (χ1n) is 9.07. The topological polar surface area (TPSA) is 84.5 Å². The Hall–Kier alpha value is -2.51. The van der Waals surface area contributed by atoms with Gasteiger partial charge in [-0.1, -0.05) is 49.7 Å². The van der Waals surface area contributed by atoms with Crippen LogP contribution in [0, 0.1) is 5.92 Å². The number of benzene rings is 2. The van der Waals surface area contributed by atoms with Crippen molar-refractivity contribution >= 4 is 46.8 Å². The minimum absolute atomic E-state index is 0.0329. The second-order valence-corrected chi connectivity index (χ2v) is 8.00. The van der Waals surface area contributed by atoms with Crippen molar-refractivity contribution in [3.63, 3.8) is 0 Å². The summed E-state index contributed by atoms with van der Waals surface area (Å²) in [6, 6.07) is 13.8. The van der Waals surface area contributed by atoms with Crippen molar-refractivity contribution in [1.29, 1.82) is 0 Å². The third-order valence-corrected chi connectivity index (χ3v) is 5.15. The number of esters is 1. The Balaban J connectivity index is 1.84. The number of amides is 2. The Bertz CT molecular complexity index is 873. The number of para-hydroxylation sites is 1. The van der Waals surface area contributed by atoms with E-state index < -0.39 is 18.5 Å². The molecule has 154 valence electrons. The van der Waals surface area contributed by atoms with Crippen LogP contribution in [0.4, 0.5) is 5.69 Å². The number of halogens is 1. The molecular formula is C21H23ClN2O4S. The summed E-state index contributed by atoms with van der Waals surface area (Å²) < 4.78 is 5.00. The monoisotopic (exact) mass is 434 g/mol. The lowest BCUT2D eigenvalue weighted by molar-refractivity contribution is -0.144. The van der Waals surface area contributed by atoms with E-state index in [2.05, 4.69) is 10.6 Å². The van der Waals surface area contributed by atoms with E-state index in [0.29, 0.717) is 28.7 Å². The van der Waals surface area contributed by atoms with Gasteiger partial charge in [0.25, 0.3) is 11.8 Å². The fourth-order valence-corrected chi connectivity index (χ4v) is 3.29. The Labute approximate surface area is 179 Å². The molecule has 2 rings (SSSR count). The second kappa shape index (κ2) is 11.5. The van der Waals surface area contributed by atoms with Gasteiger partial charge >= 0.3 is 5.97 Å². The van der Waals surface area contributed by atoms with Gasteiger partial charge in [-0.2, -0.15) is 0 Å². The first-order chi connectivity index (χ1) is 13.9. The number of ether oxygens (including phenoxy) is 1.